The van der Waals surface area contributed by atoms with Gasteiger partial charge in [0, 0.05) is 13.0 Å². The fourth-order valence-electron chi connectivity index (χ4n) is 3.43. The number of hydrogen-bond acceptors (Lipinski definition) is 6. The number of carbonyl (C=O) groups is 2. The van der Waals surface area contributed by atoms with Crippen LogP contribution in [0.15, 0.2) is 54.6 Å². The van der Waals surface area contributed by atoms with Gasteiger partial charge in [0.25, 0.3) is 0 Å². The Hall–Kier alpha value is -2.68. The Kier molecular flexibility index (Phi) is 11.3. The van der Waals surface area contributed by atoms with Crippen LogP contribution < -0.4 is 16.1 Å². The van der Waals surface area contributed by atoms with Crippen LogP contribution in [0.3, 0.4) is 0 Å². The average Bonchev–Trinajstić information content (AvgIpc) is 2.79. The maximum atomic E-state index is 12.7. The van der Waals surface area contributed by atoms with Crippen LogP contribution in [0.1, 0.15) is 57.6 Å². The third kappa shape index (κ3) is 11.0. The number of ether oxygens (including phenoxy) is 1. The number of hydrogen-bond donors (Lipinski definition) is 4. The van der Waals surface area contributed by atoms with E-state index in [-0.39, 0.29) is 12.3 Å². The largest absolute Gasteiger partial charge is 0.488 e. The molecule has 0 aromatic heterocycles. The number of nitrogens with one attached hydrogen (secondary N) is 2. The number of benzene rings is 2. The molecular weight excluding hydrogens is 431 g/mol. The minimum absolute atomic E-state index is 0.218. The molecule has 7 nitrogen and oxygen atoms in total. The summed E-state index contributed by atoms with van der Waals surface area (Å²) in [5, 5.41) is 24.6. The van der Waals surface area contributed by atoms with E-state index in [4.69, 9.17) is 4.74 Å². The van der Waals surface area contributed by atoms with E-state index in [1.165, 1.54) is 5.56 Å². The highest BCUT2D eigenvalue weighted by molar-refractivity contribution is 6.58. The smallest absolute Gasteiger partial charge is 0.458 e. The molecule has 0 unspecified atom stereocenters. The lowest BCUT2D eigenvalue weighted by molar-refractivity contribution is -0.158. The van der Waals surface area contributed by atoms with Gasteiger partial charge in [-0.25, -0.2) is 4.79 Å². The summed E-state index contributed by atoms with van der Waals surface area (Å²) in [6, 6.07) is 16.2. The molecule has 184 valence electrons. The van der Waals surface area contributed by atoms with Crippen LogP contribution in [0.5, 0.6) is 0 Å². The predicted molar refractivity (Wildman–Crippen MR) is 134 cm³/mol. The predicted octanol–water partition coefficient (Wildman–Crippen LogP) is 2.09. The third-order valence-corrected chi connectivity index (χ3v) is 5.21. The van der Waals surface area contributed by atoms with Crippen LogP contribution in [0.25, 0.3) is 0 Å². The number of esters is 1. The Morgan fingerprint density at radius 3 is 2.26 bits per heavy atom. The van der Waals surface area contributed by atoms with Gasteiger partial charge in [0.1, 0.15) is 11.6 Å². The zero-order valence-corrected chi connectivity index (χ0v) is 20.4. The second-order valence-corrected chi connectivity index (χ2v) is 9.43. The van der Waals surface area contributed by atoms with E-state index in [1.54, 1.807) is 24.3 Å². The highest BCUT2D eigenvalue weighted by Gasteiger charge is 2.26. The second kappa shape index (κ2) is 13.9. The van der Waals surface area contributed by atoms with Gasteiger partial charge in [-0.3, -0.25) is 4.79 Å². The lowest BCUT2D eigenvalue weighted by Crippen LogP contribution is -2.44. The molecular formula is C26H37BN2O5. The van der Waals surface area contributed by atoms with Crippen molar-refractivity contribution >= 4 is 24.5 Å². The minimum Gasteiger partial charge on any atom is -0.458 e. The lowest BCUT2D eigenvalue weighted by atomic mass is 9.80. The van der Waals surface area contributed by atoms with Gasteiger partial charge in [0.15, 0.2) is 0 Å². The molecule has 1 atom stereocenters. The minimum atomic E-state index is -1.51. The standard InChI is InChI=1S/C26H37BN2O5/c1-26(2,3)34-25(31)23(11-7-8-18-28-19-21-9-5-4-6-10-21)29-24(30)17-14-20-12-15-22(16-13-20)27(32)33/h4-6,9-10,12-13,15-16,23,28,32-33H,7-8,11,14,17-19H2,1-3H3,(H,29,30)/t23-/m0/s1. The van der Waals surface area contributed by atoms with Crippen molar-refractivity contribution in [2.45, 2.75) is 71.1 Å². The SMILES string of the molecule is CC(C)(C)OC(=O)[C@H](CCCCNCc1ccccc1)NC(=O)CCc1ccc(B(O)O)cc1. The number of unbranched alkanes of at least 4 members (excludes halogenated alkanes) is 1. The lowest BCUT2D eigenvalue weighted by Gasteiger charge is -2.24. The van der Waals surface area contributed by atoms with Crippen molar-refractivity contribution in [1.82, 2.24) is 10.6 Å². The molecule has 2 rings (SSSR count). The maximum Gasteiger partial charge on any atom is 0.488 e. The molecule has 4 N–H and O–H groups in total. The summed E-state index contributed by atoms with van der Waals surface area (Å²) in [6.07, 6.45) is 2.87. The van der Waals surface area contributed by atoms with Gasteiger partial charge in [0.2, 0.25) is 5.91 Å². The van der Waals surface area contributed by atoms with Crippen molar-refractivity contribution < 1.29 is 24.4 Å². The molecule has 1 amide bonds. The van der Waals surface area contributed by atoms with E-state index in [0.29, 0.717) is 18.3 Å². The molecule has 0 fully saturated rings. The summed E-state index contributed by atoms with van der Waals surface area (Å²) in [5.41, 5.74) is 1.90. The molecule has 0 bridgehead atoms. The summed E-state index contributed by atoms with van der Waals surface area (Å²) in [5.74, 6) is -0.635. The number of aryl methyl sites for hydroxylation is 1. The summed E-state index contributed by atoms with van der Waals surface area (Å²) in [4.78, 5) is 25.2. The molecule has 0 aliphatic rings. The zero-order valence-electron chi connectivity index (χ0n) is 20.4. The Balaban J connectivity index is 1.80. The van der Waals surface area contributed by atoms with E-state index in [0.717, 1.165) is 31.5 Å². The van der Waals surface area contributed by atoms with E-state index in [1.807, 2.05) is 39.0 Å². The molecule has 0 spiro atoms. The molecule has 0 saturated heterocycles. The molecule has 0 aliphatic carbocycles. The van der Waals surface area contributed by atoms with Crippen LogP contribution in [-0.4, -0.2) is 47.2 Å². The van der Waals surface area contributed by atoms with Gasteiger partial charge in [-0.2, -0.15) is 0 Å². The van der Waals surface area contributed by atoms with Crippen LogP contribution in [0.4, 0.5) is 0 Å². The quantitative estimate of drug-likeness (QED) is 0.204. The Labute approximate surface area is 203 Å². The van der Waals surface area contributed by atoms with Crippen molar-refractivity contribution in [2.24, 2.45) is 0 Å². The first kappa shape index (κ1) is 27.6. The third-order valence-electron chi connectivity index (χ3n) is 5.21. The van der Waals surface area contributed by atoms with Crippen molar-refractivity contribution in [2.75, 3.05) is 6.54 Å². The van der Waals surface area contributed by atoms with Gasteiger partial charge >= 0.3 is 13.1 Å². The first-order valence-corrected chi connectivity index (χ1v) is 11.9. The molecule has 2 aromatic rings. The first-order valence-electron chi connectivity index (χ1n) is 11.9. The van der Waals surface area contributed by atoms with Gasteiger partial charge in [-0.05, 0) is 69.6 Å². The van der Waals surface area contributed by atoms with Crippen LogP contribution in [0, 0.1) is 0 Å². The highest BCUT2D eigenvalue weighted by atomic mass is 16.6. The van der Waals surface area contributed by atoms with E-state index >= 15 is 0 Å². The topological polar surface area (TPSA) is 108 Å². The monoisotopic (exact) mass is 468 g/mol. The average molecular weight is 468 g/mol. The molecule has 0 heterocycles. The fourth-order valence-corrected chi connectivity index (χ4v) is 3.43. The molecule has 8 heteroatoms. The van der Waals surface area contributed by atoms with Crippen molar-refractivity contribution in [3.63, 3.8) is 0 Å². The highest BCUT2D eigenvalue weighted by Crippen LogP contribution is 2.12. The van der Waals surface area contributed by atoms with Gasteiger partial charge in [-0.1, -0.05) is 54.6 Å². The summed E-state index contributed by atoms with van der Waals surface area (Å²) in [7, 11) is -1.51. The maximum absolute atomic E-state index is 12.7. The molecule has 0 saturated carbocycles. The van der Waals surface area contributed by atoms with Gasteiger partial charge in [0.05, 0.1) is 0 Å². The first-order chi connectivity index (χ1) is 16.1. The Morgan fingerprint density at radius 1 is 0.971 bits per heavy atom. The van der Waals surface area contributed by atoms with Crippen molar-refractivity contribution in [3.8, 4) is 0 Å². The molecule has 0 radical (unpaired) electrons. The zero-order chi connectivity index (χ0) is 25.0. The van der Waals surface area contributed by atoms with Crippen molar-refractivity contribution in [1.29, 1.82) is 0 Å². The summed E-state index contributed by atoms with van der Waals surface area (Å²) < 4.78 is 5.52. The van der Waals surface area contributed by atoms with E-state index < -0.39 is 24.7 Å². The number of amides is 1. The fraction of sp³-hybridized carbons (Fsp3) is 0.462. The van der Waals surface area contributed by atoms with Crippen LogP contribution in [0.2, 0.25) is 0 Å². The van der Waals surface area contributed by atoms with Gasteiger partial charge < -0.3 is 25.4 Å². The summed E-state index contributed by atoms with van der Waals surface area (Å²) >= 11 is 0. The van der Waals surface area contributed by atoms with E-state index in [9.17, 15) is 19.6 Å². The number of carbonyl (C=O) groups excluding carboxylic acids is 2. The Bertz CT molecular complexity index is 882. The Morgan fingerprint density at radius 2 is 1.65 bits per heavy atom. The van der Waals surface area contributed by atoms with E-state index in [2.05, 4.69) is 22.8 Å². The normalized spacial score (nSPS) is 12.1. The number of rotatable bonds is 13. The van der Waals surface area contributed by atoms with Crippen LogP contribution >= 0.6 is 0 Å². The van der Waals surface area contributed by atoms with Crippen LogP contribution in [-0.2, 0) is 27.3 Å². The second-order valence-electron chi connectivity index (χ2n) is 9.43. The molecule has 0 aliphatic heterocycles. The molecule has 2 aromatic carbocycles. The molecule has 34 heavy (non-hydrogen) atoms. The summed E-state index contributed by atoms with van der Waals surface area (Å²) in [6.45, 7) is 7.05. The van der Waals surface area contributed by atoms with Crippen molar-refractivity contribution in [3.05, 3.63) is 65.7 Å². The van der Waals surface area contributed by atoms with Gasteiger partial charge in [-0.15, -0.1) is 0 Å².